The summed E-state index contributed by atoms with van der Waals surface area (Å²) < 4.78 is 1.58. The van der Waals surface area contributed by atoms with E-state index in [4.69, 9.17) is 0 Å². The molecule has 3 rings (SSSR count). The van der Waals surface area contributed by atoms with Crippen molar-refractivity contribution >= 4 is 11.4 Å². The van der Waals surface area contributed by atoms with Gasteiger partial charge in [-0.25, -0.2) is 4.70 Å². The second kappa shape index (κ2) is 50.7. The van der Waals surface area contributed by atoms with E-state index in [9.17, 15) is 5.53 Å². The Morgan fingerprint density at radius 2 is 0.787 bits per heavy atom. The van der Waals surface area contributed by atoms with Crippen molar-refractivity contribution in [2.45, 2.75) is 321 Å². The van der Waals surface area contributed by atoms with E-state index in [-0.39, 0.29) is 0 Å². The Morgan fingerprint density at radius 3 is 1.23 bits per heavy atom. The average Bonchev–Trinajstić information content (AvgIpc) is 3.71. The van der Waals surface area contributed by atoms with E-state index in [0.717, 1.165) is 59.0 Å². The van der Waals surface area contributed by atoms with Gasteiger partial charge in [-0.2, -0.15) is 0 Å². The van der Waals surface area contributed by atoms with Crippen LogP contribution >= 0.6 is 0 Å². The summed E-state index contributed by atoms with van der Waals surface area (Å²) in [6, 6.07) is 18.2. The molecular weight excluding hydrogens is 951 g/mol. The molecule has 0 fully saturated rings. The molecule has 1 heterocycles. The molecule has 1 aliphatic heterocycles. The number of benzene rings is 2. The molecule has 0 N–H and O–H groups in total. The third kappa shape index (κ3) is 34.7. The van der Waals surface area contributed by atoms with Crippen LogP contribution < -0.4 is 0 Å². The molecule has 0 saturated heterocycles. The van der Waals surface area contributed by atoms with E-state index >= 15 is 0 Å². The maximum absolute atomic E-state index is 12.3. The summed E-state index contributed by atoms with van der Waals surface area (Å²) in [7, 11) is 0. The van der Waals surface area contributed by atoms with Crippen LogP contribution in [-0.2, 0) is 27.3 Å². The summed E-state index contributed by atoms with van der Waals surface area (Å²) in [6.07, 6.45) is 68.2. The zero-order valence-corrected chi connectivity index (χ0v) is 51.1. The molecule has 428 valence electrons. The number of allylic oxidation sites excluding steroid dienone is 6. The van der Waals surface area contributed by atoms with Crippen molar-refractivity contribution in [3.8, 4) is 0 Å². The van der Waals surface area contributed by atoms with Gasteiger partial charge in [0.2, 0.25) is 11.4 Å². The molecule has 0 amide bonds. The number of rotatable bonds is 51. The van der Waals surface area contributed by atoms with Gasteiger partial charge in [0, 0.05) is 16.7 Å². The van der Waals surface area contributed by atoms with E-state index < -0.39 is 0 Å². The van der Waals surface area contributed by atoms with Crippen molar-refractivity contribution in [2.24, 2.45) is 0 Å². The van der Waals surface area contributed by atoms with E-state index in [1.165, 1.54) is 279 Å². The number of aryl methyl sites for hydroxylation is 2. The second-order valence-electron chi connectivity index (χ2n) is 22.5. The fourth-order valence-corrected chi connectivity index (χ4v) is 11.4. The number of hydrogen-bond donors (Lipinski definition) is 0. The zero-order chi connectivity index (χ0) is 53.9. The van der Waals surface area contributed by atoms with E-state index in [0.29, 0.717) is 0 Å². The van der Waals surface area contributed by atoms with Crippen LogP contribution in [0.4, 0.5) is 0 Å². The van der Waals surface area contributed by atoms with Crippen LogP contribution in [0.3, 0.4) is 0 Å². The van der Waals surface area contributed by atoms with E-state index in [1.54, 1.807) is 19.1 Å². The van der Waals surface area contributed by atoms with Gasteiger partial charge in [-0.05, 0) is 86.8 Å². The average molecular weight is 1070 g/mol. The topological polar surface area (TPSA) is 25.3 Å². The SMILES string of the molecule is C=C[CH2][Ni][CH2]C=C.CCCCCCCCC=CC1=C(c2ccc(CCCCCC)cc2)[N+](=[N-])C(c2cccc(CCCC)c2)=C1CCCCCCCCCCCCCCCCCCCCCCCCCCCCCC. The normalized spacial score (nSPS) is 12.7. The second-order valence-corrected chi connectivity index (χ2v) is 23.8. The summed E-state index contributed by atoms with van der Waals surface area (Å²) in [6.45, 7) is 16.3. The van der Waals surface area contributed by atoms with Gasteiger partial charge in [0.15, 0.2) is 0 Å². The van der Waals surface area contributed by atoms with Gasteiger partial charge in [-0.15, -0.1) is 0 Å². The molecule has 0 spiro atoms. The molecule has 3 heteroatoms. The van der Waals surface area contributed by atoms with Crippen molar-refractivity contribution in [2.75, 3.05) is 0 Å². The monoisotopic (exact) mass is 1070 g/mol. The van der Waals surface area contributed by atoms with Crippen molar-refractivity contribution in [3.05, 3.63) is 125 Å². The maximum Gasteiger partial charge on any atom is 0.215 e. The molecule has 0 bridgehead atoms. The van der Waals surface area contributed by atoms with Gasteiger partial charge in [0.05, 0.1) is 5.57 Å². The third-order valence-corrected chi connectivity index (χ3v) is 16.7. The van der Waals surface area contributed by atoms with Gasteiger partial charge in [0.25, 0.3) is 0 Å². The van der Waals surface area contributed by atoms with Crippen LogP contribution in [0.15, 0.2) is 97.1 Å². The molecule has 0 aromatic heterocycles. The molecule has 0 unspecified atom stereocenters. The third-order valence-electron chi connectivity index (χ3n) is 15.5. The Morgan fingerprint density at radius 1 is 0.400 bits per heavy atom. The molecule has 2 aromatic carbocycles. The summed E-state index contributed by atoms with van der Waals surface area (Å²) >= 11 is 1.66. The Balaban J connectivity index is 0.00000256. The van der Waals surface area contributed by atoms with Crippen LogP contribution in [0.25, 0.3) is 16.9 Å². The van der Waals surface area contributed by atoms with Gasteiger partial charge in [-0.1, -0.05) is 295 Å². The number of unbranched alkanes of at least 4 members (excludes halogenated alkanes) is 37. The molecular formula is C72H120N2Ni. The van der Waals surface area contributed by atoms with Crippen LogP contribution in [0.2, 0.25) is 10.8 Å². The number of nitrogens with zero attached hydrogens (tertiary/aromatic N) is 2. The van der Waals surface area contributed by atoms with E-state index in [1.807, 2.05) is 12.2 Å². The van der Waals surface area contributed by atoms with Gasteiger partial charge in [0.1, 0.15) is 0 Å². The first-order valence-corrected chi connectivity index (χ1v) is 33.9. The number of hydrogen-bond acceptors (Lipinski definition) is 0. The minimum Gasteiger partial charge on any atom is -0.493 e. The largest absolute Gasteiger partial charge is 0.493 e. The molecule has 2 nitrogen and oxygen atoms in total. The smallest absolute Gasteiger partial charge is 0.215 e. The summed E-state index contributed by atoms with van der Waals surface area (Å²) in [5.74, 6) is 0. The Kier molecular flexibility index (Phi) is 46.2. The minimum atomic E-state index is 0.964. The summed E-state index contributed by atoms with van der Waals surface area (Å²) in [5, 5.41) is 2.11. The minimum absolute atomic E-state index is 0.964. The molecule has 0 atom stereocenters. The van der Waals surface area contributed by atoms with E-state index in [2.05, 4.69) is 102 Å². The first-order chi connectivity index (χ1) is 37.1. The molecule has 75 heavy (non-hydrogen) atoms. The van der Waals surface area contributed by atoms with Crippen LogP contribution in [-0.4, -0.2) is 4.70 Å². The standard InChI is InChI=1S/C66H110N2.2C3H5.Ni/c1-5-9-13-16-18-20-21-22-23-24-25-26-27-28-29-30-31-32-33-34-35-36-37-38-39-41-43-46-53-64-63(52-45-42-40-19-17-14-10-6-2)65(61-56-54-59(55-57-61)49-44-15-11-7-3)68(67)66(64)62-51-47-50-60(58-62)48-12-8-4;2*1-3-2;/h45,47,50-52,54-58H,5-44,46,48-49,53H2,1-4H3;2*3H,1-2H2;. The van der Waals surface area contributed by atoms with Gasteiger partial charge in [-0.3, -0.25) is 0 Å². The Hall–Kier alpha value is -2.77. The molecule has 2 aromatic rings. The van der Waals surface area contributed by atoms with Crippen molar-refractivity contribution in [1.82, 2.24) is 0 Å². The molecule has 0 saturated carbocycles. The fourth-order valence-electron chi connectivity index (χ4n) is 10.9. The van der Waals surface area contributed by atoms with Gasteiger partial charge < -0.3 is 5.53 Å². The predicted octanol–water partition coefficient (Wildman–Crippen LogP) is 25.2. The Labute approximate surface area is 473 Å². The van der Waals surface area contributed by atoms with Crippen LogP contribution in [0.5, 0.6) is 0 Å². The van der Waals surface area contributed by atoms with Crippen LogP contribution in [0.1, 0.15) is 320 Å². The first-order valence-electron chi connectivity index (χ1n) is 32.5. The Bertz CT molecular complexity index is 1750. The van der Waals surface area contributed by atoms with Crippen molar-refractivity contribution in [3.63, 3.8) is 0 Å². The first kappa shape index (κ1) is 68.3. The van der Waals surface area contributed by atoms with Crippen molar-refractivity contribution < 1.29 is 19.1 Å². The molecule has 0 aliphatic carbocycles. The summed E-state index contributed by atoms with van der Waals surface area (Å²) in [5.41, 5.74) is 21.9. The molecule has 1 aliphatic rings. The maximum atomic E-state index is 12.3. The predicted molar refractivity (Wildman–Crippen MR) is 334 cm³/mol. The summed E-state index contributed by atoms with van der Waals surface area (Å²) in [4.78, 5) is 0. The molecule has 0 radical (unpaired) electrons. The zero-order valence-electron chi connectivity index (χ0n) is 50.1. The fraction of sp³-hybridized carbons (Fsp3) is 0.694. The van der Waals surface area contributed by atoms with Crippen LogP contribution in [0, 0.1) is 0 Å². The van der Waals surface area contributed by atoms with Crippen molar-refractivity contribution in [1.29, 1.82) is 0 Å². The quantitative estimate of drug-likeness (QED) is 0.0273. The van der Waals surface area contributed by atoms with Gasteiger partial charge >= 0.3 is 50.5 Å².